The van der Waals surface area contributed by atoms with Crippen molar-refractivity contribution in [2.24, 2.45) is 0 Å². The Morgan fingerprint density at radius 3 is 2.82 bits per heavy atom. The molecule has 0 radical (unpaired) electrons. The summed E-state index contributed by atoms with van der Waals surface area (Å²) in [5.74, 6) is -0.0494. The fourth-order valence-electron chi connectivity index (χ4n) is 3.00. The Kier molecular flexibility index (Phi) is 4.39. The van der Waals surface area contributed by atoms with E-state index in [0.717, 1.165) is 12.8 Å². The molecule has 1 aliphatic heterocycles. The van der Waals surface area contributed by atoms with Gasteiger partial charge < -0.3 is 19.9 Å². The second kappa shape index (κ2) is 6.64. The summed E-state index contributed by atoms with van der Waals surface area (Å²) in [5.41, 5.74) is 0.361. The highest BCUT2D eigenvalue weighted by molar-refractivity contribution is 7.92. The first-order chi connectivity index (χ1) is 13.4. The lowest BCUT2D eigenvalue weighted by Crippen LogP contribution is -2.38. The maximum atomic E-state index is 12.8. The SMILES string of the molecule is COc1ccc(CO)cc1S(=O)(=O)Nc1cnc2c(c1)C(=O)NC1(CC1)CO2. The molecule has 1 aromatic heterocycles. The van der Waals surface area contributed by atoms with Crippen LogP contribution < -0.4 is 19.5 Å². The third kappa shape index (κ3) is 3.36. The molecule has 1 fully saturated rings. The molecule has 2 aromatic rings. The number of amides is 1. The van der Waals surface area contributed by atoms with Gasteiger partial charge in [0, 0.05) is 0 Å². The molecule has 0 bridgehead atoms. The van der Waals surface area contributed by atoms with E-state index >= 15 is 0 Å². The first-order valence-electron chi connectivity index (χ1n) is 8.62. The van der Waals surface area contributed by atoms with Crippen molar-refractivity contribution in [3.05, 3.63) is 41.6 Å². The predicted molar refractivity (Wildman–Crippen MR) is 98.9 cm³/mol. The van der Waals surface area contributed by atoms with Gasteiger partial charge in [0.25, 0.3) is 15.9 Å². The standard InChI is InChI=1S/C18H19N3O6S/c1-26-14-3-2-11(9-22)6-15(14)28(24,25)21-12-7-13-16(23)20-18(4-5-18)10-27-17(13)19-8-12/h2-3,6-8,21-22H,4-5,9-10H2,1H3,(H,20,23). The summed E-state index contributed by atoms with van der Waals surface area (Å²) in [7, 11) is -2.70. The number of rotatable bonds is 5. The molecule has 1 spiro atoms. The minimum absolute atomic E-state index is 0.112. The van der Waals surface area contributed by atoms with E-state index in [1.807, 2.05) is 0 Å². The van der Waals surface area contributed by atoms with Crippen LogP contribution in [0.25, 0.3) is 0 Å². The molecular formula is C18H19N3O6S. The van der Waals surface area contributed by atoms with Crippen LogP contribution in [0.15, 0.2) is 35.4 Å². The van der Waals surface area contributed by atoms with Crippen molar-refractivity contribution in [2.75, 3.05) is 18.4 Å². The van der Waals surface area contributed by atoms with Gasteiger partial charge in [0.2, 0.25) is 5.88 Å². The number of aromatic nitrogens is 1. The highest BCUT2D eigenvalue weighted by Crippen LogP contribution is 2.39. The molecule has 1 aliphatic carbocycles. The lowest BCUT2D eigenvalue weighted by molar-refractivity contribution is 0.0932. The fourth-order valence-corrected chi connectivity index (χ4v) is 4.25. The van der Waals surface area contributed by atoms with Gasteiger partial charge in [-0.15, -0.1) is 0 Å². The summed E-state index contributed by atoms with van der Waals surface area (Å²) in [6.45, 7) is 0.0289. The van der Waals surface area contributed by atoms with Crippen LogP contribution in [0.5, 0.6) is 11.6 Å². The summed E-state index contributed by atoms with van der Waals surface area (Å²) in [4.78, 5) is 16.4. The normalized spacial score (nSPS) is 17.1. The summed E-state index contributed by atoms with van der Waals surface area (Å²) >= 11 is 0. The van der Waals surface area contributed by atoms with Crippen molar-refractivity contribution in [3.63, 3.8) is 0 Å². The molecule has 0 unspecified atom stereocenters. The van der Waals surface area contributed by atoms with E-state index in [0.29, 0.717) is 12.2 Å². The Balaban J connectivity index is 1.66. The van der Waals surface area contributed by atoms with Crippen molar-refractivity contribution in [2.45, 2.75) is 29.9 Å². The molecule has 4 rings (SSSR count). The molecule has 1 saturated carbocycles. The number of hydrogen-bond donors (Lipinski definition) is 3. The Morgan fingerprint density at radius 2 is 2.14 bits per heavy atom. The monoisotopic (exact) mass is 405 g/mol. The van der Waals surface area contributed by atoms with Gasteiger partial charge in [-0.05, 0) is 36.6 Å². The third-order valence-electron chi connectivity index (χ3n) is 4.77. The van der Waals surface area contributed by atoms with Crippen molar-refractivity contribution in [1.29, 1.82) is 0 Å². The van der Waals surface area contributed by atoms with Crippen LogP contribution in [-0.4, -0.2) is 43.7 Å². The Bertz CT molecular complexity index is 1050. The maximum absolute atomic E-state index is 12.8. The summed E-state index contributed by atoms with van der Waals surface area (Å²) in [6.07, 6.45) is 2.97. The number of ether oxygens (including phenoxy) is 2. The lowest BCUT2D eigenvalue weighted by Gasteiger charge is -2.13. The first kappa shape index (κ1) is 18.5. The minimum atomic E-state index is -4.05. The summed E-state index contributed by atoms with van der Waals surface area (Å²) in [5, 5.41) is 12.2. The molecular weight excluding hydrogens is 386 g/mol. The van der Waals surface area contributed by atoms with E-state index < -0.39 is 10.0 Å². The van der Waals surface area contributed by atoms with Crippen molar-refractivity contribution < 1.29 is 27.8 Å². The highest BCUT2D eigenvalue weighted by Gasteiger charge is 2.47. The number of fused-ring (bicyclic) bond motifs is 1. The molecule has 148 valence electrons. The van der Waals surface area contributed by atoms with Crippen LogP contribution in [0, 0.1) is 0 Å². The van der Waals surface area contributed by atoms with Gasteiger partial charge in [0.1, 0.15) is 22.8 Å². The van der Waals surface area contributed by atoms with E-state index in [1.165, 1.54) is 31.5 Å². The maximum Gasteiger partial charge on any atom is 0.265 e. The van der Waals surface area contributed by atoms with Gasteiger partial charge >= 0.3 is 0 Å². The summed E-state index contributed by atoms with van der Waals surface area (Å²) in [6, 6.07) is 5.74. The van der Waals surface area contributed by atoms with Crippen LogP contribution in [-0.2, 0) is 16.6 Å². The van der Waals surface area contributed by atoms with Gasteiger partial charge in [-0.2, -0.15) is 0 Å². The number of methoxy groups -OCH3 is 1. The molecule has 2 heterocycles. The fraction of sp³-hybridized carbons (Fsp3) is 0.333. The topological polar surface area (TPSA) is 127 Å². The number of carbonyl (C=O) groups is 1. The van der Waals surface area contributed by atoms with Gasteiger partial charge in [0.15, 0.2) is 0 Å². The second-order valence-electron chi connectivity index (χ2n) is 6.85. The molecule has 1 amide bonds. The van der Waals surface area contributed by atoms with Crippen LogP contribution in [0.1, 0.15) is 28.8 Å². The van der Waals surface area contributed by atoms with Crippen molar-refractivity contribution in [1.82, 2.24) is 10.3 Å². The number of carbonyl (C=O) groups excluding carboxylic acids is 1. The van der Waals surface area contributed by atoms with Crippen molar-refractivity contribution in [3.8, 4) is 11.6 Å². The molecule has 28 heavy (non-hydrogen) atoms. The number of aliphatic hydroxyl groups excluding tert-OH is 1. The Labute approximate surface area is 161 Å². The van der Waals surface area contributed by atoms with E-state index in [2.05, 4.69) is 15.0 Å². The third-order valence-corrected chi connectivity index (χ3v) is 6.17. The van der Waals surface area contributed by atoms with E-state index in [4.69, 9.17) is 9.47 Å². The lowest BCUT2D eigenvalue weighted by atomic mass is 10.2. The molecule has 0 saturated heterocycles. The molecule has 10 heteroatoms. The quantitative estimate of drug-likeness (QED) is 0.678. The largest absolute Gasteiger partial charge is 0.495 e. The summed E-state index contributed by atoms with van der Waals surface area (Å²) < 4.78 is 38.8. The highest BCUT2D eigenvalue weighted by atomic mass is 32.2. The average Bonchev–Trinajstić information content (AvgIpc) is 3.47. The Morgan fingerprint density at radius 1 is 1.36 bits per heavy atom. The second-order valence-corrected chi connectivity index (χ2v) is 8.50. The van der Waals surface area contributed by atoms with Crippen LogP contribution >= 0.6 is 0 Å². The number of pyridine rings is 1. The van der Waals surface area contributed by atoms with E-state index in [1.54, 1.807) is 6.07 Å². The van der Waals surface area contributed by atoms with Gasteiger partial charge in [-0.25, -0.2) is 13.4 Å². The molecule has 1 aromatic carbocycles. The van der Waals surface area contributed by atoms with Crippen LogP contribution in [0.2, 0.25) is 0 Å². The zero-order chi connectivity index (χ0) is 19.9. The van der Waals surface area contributed by atoms with Crippen LogP contribution in [0.4, 0.5) is 5.69 Å². The average molecular weight is 405 g/mol. The van der Waals surface area contributed by atoms with E-state index in [-0.39, 0.29) is 45.8 Å². The zero-order valence-corrected chi connectivity index (χ0v) is 15.9. The van der Waals surface area contributed by atoms with Crippen LogP contribution in [0.3, 0.4) is 0 Å². The predicted octanol–water partition coefficient (Wildman–Crippen LogP) is 1.04. The molecule has 2 aliphatic rings. The van der Waals surface area contributed by atoms with Crippen molar-refractivity contribution >= 4 is 21.6 Å². The minimum Gasteiger partial charge on any atom is -0.495 e. The number of anilines is 1. The molecule has 0 atom stereocenters. The van der Waals surface area contributed by atoms with Gasteiger partial charge in [-0.1, -0.05) is 6.07 Å². The number of nitrogens with one attached hydrogen (secondary N) is 2. The smallest absolute Gasteiger partial charge is 0.265 e. The number of benzene rings is 1. The zero-order valence-electron chi connectivity index (χ0n) is 15.1. The molecule has 3 N–H and O–H groups in total. The van der Waals surface area contributed by atoms with Gasteiger partial charge in [0.05, 0.1) is 31.1 Å². The first-order valence-corrected chi connectivity index (χ1v) is 10.1. The number of nitrogens with zero attached hydrogens (tertiary/aromatic N) is 1. The number of sulfonamides is 1. The number of hydrogen-bond acceptors (Lipinski definition) is 7. The molecule has 9 nitrogen and oxygen atoms in total. The van der Waals surface area contributed by atoms with Gasteiger partial charge in [-0.3, -0.25) is 9.52 Å². The van der Waals surface area contributed by atoms with E-state index in [9.17, 15) is 18.3 Å². The Hall–Kier alpha value is -2.85. The number of aliphatic hydroxyl groups is 1.